The number of nitriles is 1. The zero-order chi connectivity index (χ0) is 16.2. The minimum absolute atomic E-state index is 0.372. The Labute approximate surface area is 139 Å². The molecule has 2 heteroatoms. The number of hydrogen-bond acceptors (Lipinski definition) is 2. The average molecular weight is 304 g/mol. The van der Waals surface area contributed by atoms with E-state index in [1.807, 2.05) is 0 Å². The van der Waals surface area contributed by atoms with Gasteiger partial charge in [-0.05, 0) is 54.5 Å². The second kappa shape index (κ2) is 6.87. The van der Waals surface area contributed by atoms with Crippen molar-refractivity contribution in [2.24, 2.45) is 5.92 Å². The summed E-state index contributed by atoms with van der Waals surface area (Å²) < 4.78 is 0. The van der Waals surface area contributed by atoms with Crippen LogP contribution in [0.1, 0.15) is 36.5 Å². The van der Waals surface area contributed by atoms with Crippen molar-refractivity contribution in [1.82, 2.24) is 0 Å². The van der Waals surface area contributed by atoms with Gasteiger partial charge in [0.15, 0.2) is 0 Å². The fraction of sp³-hybridized carbons (Fsp3) is 0.381. The lowest BCUT2D eigenvalue weighted by Gasteiger charge is -2.25. The smallest absolute Gasteiger partial charge is 0.0643 e. The third-order valence-electron chi connectivity index (χ3n) is 4.87. The van der Waals surface area contributed by atoms with Crippen LogP contribution in [0.15, 0.2) is 48.5 Å². The highest BCUT2D eigenvalue weighted by Gasteiger charge is 2.29. The Morgan fingerprint density at radius 1 is 1.13 bits per heavy atom. The molecule has 2 aromatic rings. The molecule has 2 aromatic carbocycles. The van der Waals surface area contributed by atoms with Crippen molar-refractivity contribution in [1.29, 1.82) is 5.26 Å². The highest BCUT2D eigenvalue weighted by molar-refractivity contribution is 5.50. The van der Waals surface area contributed by atoms with Gasteiger partial charge < -0.3 is 4.90 Å². The number of hydrogen-bond donors (Lipinski definition) is 0. The van der Waals surface area contributed by atoms with Crippen LogP contribution in [0.5, 0.6) is 0 Å². The lowest BCUT2D eigenvalue weighted by atomic mass is 10.0. The second-order valence-corrected chi connectivity index (χ2v) is 6.78. The zero-order valence-corrected chi connectivity index (χ0v) is 14.0. The first-order chi connectivity index (χ1) is 11.2. The van der Waals surface area contributed by atoms with Crippen LogP contribution in [0.25, 0.3) is 0 Å². The first-order valence-electron chi connectivity index (χ1n) is 8.44. The Balaban J connectivity index is 1.74. The fourth-order valence-corrected chi connectivity index (χ4v) is 3.60. The van der Waals surface area contributed by atoms with Crippen molar-refractivity contribution in [3.05, 3.63) is 65.2 Å². The van der Waals surface area contributed by atoms with Crippen molar-refractivity contribution in [2.75, 3.05) is 11.4 Å². The molecule has 118 valence electrons. The summed E-state index contributed by atoms with van der Waals surface area (Å²) in [6.07, 6.45) is 2.72. The molecule has 3 rings (SSSR count). The Morgan fingerprint density at radius 2 is 1.87 bits per heavy atom. The van der Waals surface area contributed by atoms with Crippen LogP contribution < -0.4 is 4.90 Å². The van der Waals surface area contributed by atoms with E-state index in [-0.39, 0.29) is 0 Å². The number of aryl methyl sites for hydroxylation is 1. The van der Waals surface area contributed by atoms with Gasteiger partial charge in [-0.15, -0.1) is 0 Å². The molecule has 1 aliphatic rings. The van der Waals surface area contributed by atoms with Gasteiger partial charge in [0, 0.05) is 18.3 Å². The minimum atomic E-state index is 0.372. The van der Waals surface area contributed by atoms with Gasteiger partial charge in [0.05, 0.1) is 12.5 Å². The molecule has 1 aliphatic heterocycles. The third-order valence-corrected chi connectivity index (χ3v) is 4.87. The van der Waals surface area contributed by atoms with Crippen LogP contribution in [-0.4, -0.2) is 12.6 Å². The van der Waals surface area contributed by atoms with Gasteiger partial charge in [0.2, 0.25) is 0 Å². The molecule has 0 aromatic heterocycles. The summed E-state index contributed by atoms with van der Waals surface area (Å²) in [6, 6.07) is 20.2. The van der Waals surface area contributed by atoms with Gasteiger partial charge in [-0.1, -0.05) is 43.3 Å². The van der Waals surface area contributed by atoms with Gasteiger partial charge in [-0.2, -0.15) is 5.26 Å². The van der Waals surface area contributed by atoms with Gasteiger partial charge in [0.25, 0.3) is 0 Å². The SMILES string of the molecule is Cc1ccccc1Cc1ccc(N2CC(C)CC2CC#N)cc1. The van der Waals surface area contributed by atoms with Crippen molar-refractivity contribution < 1.29 is 0 Å². The monoisotopic (exact) mass is 304 g/mol. The van der Waals surface area contributed by atoms with Gasteiger partial charge >= 0.3 is 0 Å². The summed E-state index contributed by atoms with van der Waals surface area (Å²) in [7, 11) is 0. The van der Waals surface area contributed by atoms with Crippen LogP contribution >= 0.6 is 0 Å². The highest BCUT2D eigenvalue weighted by Crippen LogP contribution is 2.30. The molecule has 23 heavy (non-hydrogen) atoms. The molecule has 0 bridgehead atoms. The molecule has 1 heterocycles. The summed E-state index contributed by atoms with van der Waals surface area (Å²) in [4.78, 5) is 2.41. The predicted octanol–water partition coefficient (Wildman–Crippen LogP) is 4.71. The Morgan fingerprint density at radius 3 is 2.57 bits per heavy atom. The molecule has 1 saturated heterocycles. The largest absolute Gasteiger partial charge is 0.367 e. The summed E-state index contributed by atoms with van der Waals surface area (Å²) in [5.41, 5.74) is 5.33. The van der Waals surface area contributed by atoms with E-state index >= 15 is 0 Å². The quantitative estimate of drug-likeness (QED) is 0.817. The van der Waals surface area contributed by atoms with Crippen LogP contribution in [0.4, 0.5) is 5.69 Å². The molecule has 0 amide bonds. The number of anilines is 1. The Bertz CT molecular complexity index is 697. The predicted molar refractivity (Wildman–Crippen MR) is 95.6 cm³/mol. The van der Waals surface area contributed by atoms with Crippen LogP contribution in [0.2, 0.25) is 0 Å². The van der Waals surface area contributed by atoms with E-state index in [1.54, 1.807) is 0 Å². The number of rotatable bonds is 4. The lowest BCUT2D eigenvalue weighted by Crippen LogP contribution is -2.28. The van der Waals surface area contributed by atoms with Crippen molar-refractivity contribution in [3.63, 3.8) is 0 Å². The molecule has 0 radical (unpaired) electrons. The Hall–Kier alpha value is -2.27. The fourth-order valence-electron chi connectivity index (χ4n) is 3.60. The van der Waals surface area contributed by atoms with Crippen molar-refractivity contribution >= 4 is 5.69 Å². The molecular weight excluding hydrogens is 280 g/mol. The van der Waals surface area contributed by atoms with Gasteiger partial charge in [0.1, 0.15) is 0 Å². The lowest BCUT2D eigenvalue weighted by molar-refractivity contribution is 0.606. The first-order valence-corrected chi connectivity index (χ1v) is 8.44. The van der Waals surface area contributed by atoms with E-state index < -0.39 is 0 Å². The van der Waals surface area contributed by atoms with E-state index in [1.165, 1.54) is 22.4 Å². The van der Waals surface area contributed by atoms with Crippen LogP contribution in [0.3, 0.4) is 0 Å². The van der Waals surface area contributed by atoms with Gasteiger partial charge in [-0.3, -0.25) is 0 Å². The van der Waals surface area contributed by atoms with E-state index in [2.05, 4.69) is 73.3 Å². The normalized spacial score (nSPS) is 20.5. The van der Waals surface area contributed by atoms with Gasteiger partial charge in [-0.25, -0.2) is 0 Å². The van der Waals surface area contributed by atoms with Crippen molar-refractivity contribution in [3.8, 4) is 6.07 Å². The Kier molecular flexibility index (Phi) is 4.67. The molecule has 0 aliphatic carbocycles. The summed E-state index contributed by atoms with van der Waals surface area (Å²) in [6.45, 7) is 5.50. The molecule has 2 atom stereocenters. The summed E-state index contributed by atoms with van der Waals surface area (Å²) in [5.74, 6) is 0.667. The number of benzene rings is 2. The van der Waals surface area contributed by atoms with Crippen LogP contribution in [0, 0.1) is 24.2 Å². The first kappa shape index (κ1) is 15.6. The number of nitrogens with zero attached hydrogens (tertiary/aromatic N) is 2. The molecule has 0 saturated carbocycles. The molecule has 2 nitrogen and oxygen atoms in total. The molecule has 2 unspecified atom stereocenters. The molecular formula is C21H24N2. The van der Waals surface area contributed by atoms with E-state index in [9.17, 15) is 0 Å². The van der Waals surface area contributed by atoms with Crippen LogP contribution in [-0.2, 0) is 6.42 Å². The maximum Gasteiger partial charge on any atom is 0.0643 e. The average Bonchev–Trinajstić information content (AvgIpc) is 2.91. The second-order valence-electron chi connectivity index (χ2n) is 6.78. The maximum absolute atomic E-state index is 9.04. The molecule has 1 fully saturated rings. The maximum atomic E-state index is 9.04. The standard InChI is InChI=1S/C21H24N2/c1-16-13-21(11-12-22)23(15-16)20-9-7-18(8-10-20)14-19-6-4-3-5-17(19)2/h3-10,16,21H,11,13-15H2,1-2H3. The highest BCUT2D eigenvalue weighted by atomic mass is 15.2. The van der Waals surface area contributed by atoms with E-state index in [0.717, 1.165) is 19.4 Å². The topological polar surface area (TPSA) is 27.0 Å². The van der Waals surface area contributed by atoms with Crippen molar-refractivity contribution in [2.45, 2.75) is 39.2 Å². The third kappa shape index (κ3) is 3.56. The minimum Gasteiger partial charge on any atom is -0.367 e. The zero-order valence-electron chi connectivity index (χ0n) is 14.0. The summed E-state index contributed by atoms with van der Waals surface area (Å²) >= 11 is 0. The van der Waals surface area contributed by atoms with E-state index in [0.29, 0.717) is 18.4 Å². The van der Waals surface area contributed by atoms with E-state index in [4.69, 9.17) is 5.26 Å². The molecule has 0 spiro atoms. The molecule has 0 N–H and O–H groups in total. The summed E-state index contributed by atoms with van der Waals surface area (Å²) in [5, 5.41) is 9.04.